The van der Waals surface area contributed by atoms with E-state index in [0.29, 0.717) is 5.82 Å². The zero-order chi connectivity index (χ0) is 14.8. The molecule has 0 atom stereocenters. The minimum absolute atomic E-state index is 0.0593. The molecular formula is C16H11ClN2O2. The summed E-state index contributed by atoms with van der Waals surface area (Å²) in [4.78, 5) is 14.9. The highest BCUT2D eigenvalue weighted by Gasteiger charge is 2.08. The number of hydrogen-bond donors (Lipinski definition) is 2. The quantitative estimate of drug-likeness (QED) is 0.755. The van der Waals surface area contributed by atoms with Crippen LogP contribution in [0.15, 0.2) is 54.7 Å². The molecule has 0 fully saturated rings. The van der Waals surface area contributed by atoms with Crippen LogP contribution in [0.4, 0.5) is 11.5 Å². The molecular weight excluding hydrogens is 288 g/mol. The van der Waals surface area contributed by atoms with E-state index in [1.165, 1.54) is 12.3 Å². The third-order valence-corrected chi connectivity index (χ3v) is 3.39. The van der Waals surface area contributed by atoms with Gasteiger partial charge in [0.25, 0.3) is 0 Å². The molecule has 5 heteroatoms. The minimum atomic E-state index is -1.05. The summed E-state index contributed by atoms with van der Waals surface area (Å²) in [5.74, 6) is -0.626. The molecule has 0 saturated carbocycles. The van der Waals surface area contributed by atoms with Crippen molar-refractivity contribution in [2.24, 2.45) is 0 Å². The van der Waals surface area contributed by atoms with Crippen LogP contribution in [0.5, 0.6) is 0 Å². The number of fused-ring (bicyclic) bond motifs is 1. The highest BCUT2D eigenvalue weighted by molar-refractivity contribution is 6.33. The average Bonchev–Trinajstić information content (AvgIpc) is 2.49. The van der Waals surface area contributed by atoms with Gasteiger partial charge in [0.05, 0.1) is 10.6 Å². The smallest absolute Gasteiger partial charge is 0.337 e. The molecule has 2 aromatic carbocycles. The first-order valence-electron chi connectivity index (χ1n) is 6.28. The molecule has 104 valence electrons. The molecule has 4 nitrogen and oxygen atoms in total. The molecule has 0 spiro atoms. The summed E-state index contributed by atoms with van der Waals surface area (Å²) < 4.78 is 0. The van der Waals surface area contributed by atoms with Crippen LogP contribution >= 0.6 is 11.6 Å². The van der Waals surface area contributed by atoms with Crippen molar-refractivity contribution in [2.45, 2.75) is 0 Å². The van der Waals surface area contributed by atoms with Crippen molar-refractivity contribution in [3.63, 3.8) is 0 Å². The predicted octanol–water partition coefficient (Wildman–Crippen LogP) is 4.33. The van der Waals surface area contributed by atoms with Crippen LogP contribution in [0.2, 0.25) is 5.02 Å². The van der Waals surface area contributed by atoms with E-state index in [1.54, 1.807) is 0 Å². The number of pyridine rings is 1. The number of halogens is 1. The zero-order valence-corrected chi connectivity index (χ0v) is 11.6. The molecule has 0 aliphatic rings. The molecule has 0 radical (unpaired) electrons. The van der Waals surface area contributed by atoms with Crippen molar-refractivity contribution in [3.8, 4) is 0 Å². The van der Waals surface area contributed by atoms with Gasteiger partial charge in [0.2, 0.25) is 0 Å². The topological polar surface area (TPSA) is 62.2 Å². The predicted molar refractivity (Wildman–Crippen MR) is 83.4 cm³/mol. The third kappa shape index (κ3) is 2.80. The van der Waals surface area contributed by atoms with Gasteiger partial charge in [-0.3, -0.25) is 0 Å². The molecule has 1 heterocycles. The summed E-state index contributed by atoms with van der Waals surface area (Å²) in [6.45, 7) is 0. The van der Waals surface area contributed by atoms with Gasteiger partial charge in [0, 0.05) is 11.9 Å². The van der Waals surface area contributed by atoms with E-state index in [0.717, 1.165) is 16.5 Å². The monoisotopic (exact) mass is 298 g/mol. The van der Waals surface area contributed by atoms with E-state index in [-0.39, 0.29) is 10.6 Å². The van der Waals surface area contributed by atoms with Crippen LogP contribution in [0.1, 0.15) is 10.4 Å². The number of aromatic carboxylic acids is 1. The van der Waals surface area contributed by atoms with Crippen LogP contribution in [-0.2, 0) is 0 Å². The fourth-order valence-corrected chi connectivity index (χ4v) is 2.26. The van der Waals surface area contributed by atoms with Gasteiger partial charge < -0.3 is 10.4 Å². The highest BCUT2D eigenvalue weighted by Crippen LogP contribution is 2.26. The molecule has 0 aliphatic heterocycles. The molecule has 0 bridgehead atoms. The Bertz CT molecular complexity index is 833. The highest BCUT2D eigenvalue weighted by atomic mass is 35.5. The van der Waals surface area contributed by atoms with E-state index in [4.69, 9.17) is 16.7 Å². The van der Waals surface area contributed by atoms with E-state index >= 15 is 0 Å². The summed E-state index contributed by atoms with van der Waals surface area (Å²) in [6, 6.07) is 15.3. The second kappa shape index (κ2) is 5.42. The second-order valence-corrected chi connectivity index (χ2v) is 4.95. The summed E-state index contributed by atoms with van der Waals surface area (Å²) in [7, 11) is 0. The summed E-state index contributed by atoms with van der Waals surface area (Å²) in [5, 5.41) is 14.5. The molecule has 0 aliphatic carbocycles. The fourth-order valence-electron chi connectivity index (χ4n) is 2.05. The number of carbonyl (C=O) groups is 1. The van der Waals surface area contributed by atoms with Gasteiger partial charge in [0.15, 0.2) is 0 Å². The number of anilines is 2. The molecule has 1 aromatic heterocycles. The van der Waals surface area contributed by atoms with Crippen LogP contribution in [0, 0.1) is 0 Å². The lowest BCUT2D eigenvalue weighted by Crippen LogP contribution is -2.00. The molecule has 3 rings (SSSR count). The molecule has 0 saturated heterocycles. The van der Waals surface area contributed by atoms with Gasteiger partial charge in [-0.1, -0.05) is 41.9 Å². The van der Waals surface area contributed by atoms with E-state index < -0.39 is 5.97 Å². The van der Waals surface area contributed by atoms with Gasteiger partial charge in [-0.15, -0.1) is 0 Å². The summed E-state index contributed by atoms with van der Waals surface area (Å²) in [5.41, 5.74) is 0.898. The molecule has 3 aromatic rings. The van der Waals surface area contributed by atoms with Crippen molar-refractivity contribution in [2.75, 3.05) is 5.32 Å². The number of benzene rings is 2. The normalized spacial score (nSPS) is 10.5. The number of aromatic nitrogens is 1. The van der Waals surface area contributed by atoms with E-state index in [1.807, 2.05) is 42.5 Å². The van der Waals surface area contributed by atoms with E-state index in [2.05, 4.69) is 10.3 Å². The zero-order valence-electron chi connectivity index (χ0n) is 10.9. The van der Waals surface area contributed by atoms with Crippen LogP contribution < -0.4 is 5.32 Å². The van der Waals surface area contributed by atoms with Crippen LogP contribution in [0.25, 0.3) is 10.8 Å². The first-order valence-corrected chi connectivity index (χ1v) is 6.66. The molecule has 21 heavy (non-hydrogen) atoms. The summed E-state index contributed by atoms with van der Waals surface area (Å²) in [6.07, 6.45) is 1.28. The number of hydrogen-bond acceptors (Lipinski definition) is 3. The Morgan fingerprint density at radius 3 is 2.57 bits per heavy atom. The number of carboxylic acids is 1. The molecule has 0 amide bonds. The standard InChI is InChI=1S/C16H11ClN2O2/c17-14-8-12(16(20)21)9-18-15(14)19-13-6-5-10-3-1-2-4-11(10)7-13/h1-9H,(H,18,19)(H,20,21). The maximum absolute atomic E-state index is 10.9. The third-order valence-electron chi connectivity index (χ3n) is 3.10. The van der Waals surface area contributed by atoms with Crippen molar-refractivity contribution in [1.82, 2.24) is 4.98 Å². The van der Waals surface area contributed by atoms with Gasteiger partial charge in [-0.2, -0.15) is 0 Å². The number of rotatable bonds is 3. The lowest BCUT2D eigenvalue weighted by Gasteiger charge is -2.09. The van der Waals surface area contributed by atoms with Crippen molar-refractivity contribution in [3.05, 3.63) is 65.3 Å². The maximum Gasteiger partial charge on any atom is 0.337 e. The van der Waals surface area contributed by atoms with Crippen LogP contribution in [0.3, 0.4) is 0 Å². The second-order valence-electron chi connectivity index (χ2n) is 4.55. The van der Waals surface area contributed by atoms with Crippen molar-refractivity contribution in [1.29, 1.82) is 0 Å². The maximum atomic E-state index is 10.9. The minimum Gasteiger partial charge on any atom is -0.478 e. The Morgan fingerprint density at radius 2 is 1.86 bits per heavy atom. The van der Waals surface area contributed by atoms with Gasteiger partial charge in [-0.25, -0.2) is 9.78 Å². The van der Waals surface area contributed by atoms with Gasteiger partial charge in [0.1, 0.15) is 5.82 Å². The molecule has 0 unspecified atom stereocenters. The largest absolute Gasteiger partial charge is 0.478 e. The Labute approximate surface area is 126 Å². The van der Waals surface area contributed by atoms with Gasteiger partial charge >= 0.3 is 5.97 Å². The van der Waals surface area contributed by atoms with E-state index in [9.17, 15) is 4.79 Å². The number of nitrogens with zero attached hydrogens (tertiary/aromatic N) is 1. The van der Waals surface area contributed by atoms with Crippen molar-refractivity contribution >= 4 is 39.8 Å². The Morgan fingerprint density at radius 1 is 1.10 bits per heavy atom. The lowest BCUT2D eigenvalue weighted by atomic mass is 10.1. The van der Waals surface area contributed by atoms with Crippen LogP contribution in [-0.4, -0.2) is 16.1 Å². The van der Waals surface area contributed by atoms with Crippen molar-refractivity contribution < 1.29 is 9.90 Å². The first kappa shape index (κ1) is 13.4. The Balaban J connectivity index is 1.93. The Kier molecular flexibility index (Phi) is 3.46. The van der Waals surface area contributed by atoms with Gasteiger partial charge in [-0.05, 0) is 29.0 Å². The fraction of sp³-hybridized carbons (Fsp3) is 0. The molecule has 2 N–H and O–H groups in total. The first-order chi connectivity index (χ1) is 10.1. The number of carboxylic acid groups (broad SMARTS) is 1. The Hall–Kier alpha value is -2.59. The number of nitrogens with one attached hydrogen (secondary N) is 1. The lowest BCUT2D eigenvalue weighted by molar-refractivity contribution is 0.0696. The summed E-state index contributed by atoms with van der Waals surface area (Å²) >= 11 is 6.05. The average molecular weight is 299 g/mol. The SMILES string of the molecule is O=C(O)c1cnc(Nc2ccc3ccccc3c2)c(Cl)c1.